The van der Waals surface area contributed by atoms with E-state index >= 15 is 0 Å². The fourth-order valence-electron chi connectivity index (χ4n) is 2.76. The largest absolute Gasteiger partial charge is 0.481 e. The SMILES string of the molecule is Cc1ccc(C)c(O[C@@H](C)C(=O)NCc2ccc3ccccc3c2)c1. The maximum absolute atomic E-state index is 12.3. The molecule has 3 aromatic rings. The van der Waals surface area contributed by atoms with Gasteiger partial charge in [-0.3, -0.25) is 4.79 Å². The van der Waals surface area contributed by atoms with Crippen LogP contribution in [0.25, 0.3) is 10.8 Å². The van der Waals surface area contributed by atoms with Crippen LogP contribution in [-0.2, 0) is 11.3 Å². The van der Waals surface area contributed by atoms with Crippen LogP contribution in [0, 0.1) is 13.8 Å². The molecule has 0 aliphatic rings. The molecule has 0 radical (unpaired) electrons. The Bertz CT molecular complexity index is 901. The Hall–Kier alpha value is -2.81. The molecule has 25 heavy (non-hydrogen) atoms. The van der Waals surface area contributed by atoms with Gasteiger partial charge in [0.1, 0.15) is 5.75 Å². The van der Waals surface area contributed by atoms with Crippen LogP contribution in [0.1, 0.15) is 23.6 Å². The Kier molecular flexibility index (Phi) is 5.03. The van der Waals surface area contributed by atoms with Crippen LogP contribution in [0.4, 0.5) is 0 Å². The summed E-state index contributed by atoms with van der Waals surface area (Å²) in [4.78, 5) is 12.3. The summed E-state index contributed by atoms with van der Waals surface area (Å²) in [5.74, 6) is 0.641. The Morgan fingerprint density at radius 2 is 1.76 bits per heavy atom. The average molecular weight is 333 g/mol. The molecule has 1 atom stereocenters. The number of aryl methyl sites for hydroxylation is 2. The van der Waals surface area contributed by atoms with Crippen molar-refractivity contribution in [2.75, 3.05) is 0 Å². The number of benzene rings is 3. The number of fused-ring (bicyclic) bond motifs is 1. The van der Waals surface area contributed by atoms with Crippen molar-refractivity contribution in [3.05, 3.63) is 77.4 Å². The molecule has 3 rings (SSSR count). The van der Waals surface area contributed by atoms with Gasteiger partial charge < -0.3 is 10.1 Å². The first-order chi connectivity index (χ1) is 12.0. The standard InChI is InChI=1S/C22H23NO2/c1-15-8-9-16(2)21(12-15)25-17(3)22(24)23-14-18-10-11-19-6-4-5-7-20(19)13-18/h4-13,17H,14H2,1-3H3,(H,23,24)/t17-/m0/s1. The van der Waals surface area contributed by atoms with Crippen molar-refractivity contribution < 1.29 is 9.53 Å². The number of carbonyl (C=O) groups excluding carboxylic acids is 1. The molecule has 0 spiro atoms. The minimum atomic E-state index is -0.541. The van der Waals surface area contributed by atoms with Crippen molar-refractivity contribution in [3.8, 4) is 5.75 Å². The normalized spacial score (nSPS) is 12.0. The first-order valence-corrected chi connectivity index (χ1v) is 8.52. The highest BCUT2D eigenvalue weighted by molar-refractivity contribution is 5.83. The first kappa shape index (κ1) is 17.0. The van der Waals surface area contributed by atoms with Gasteiger partial charge in [0, 0.05) is 6.54 Å². The number of rotatable bonds is 5. The minimum absolute atomic E-state index is 0.117. The molecule has 3 nitrogen and oxygen atoms in total. The van der Waals surface area contributed by atoms with Crippen LogP contribution in [0.2, 0.25) is 0 Å². The molecule has 0 unspecified atom stereocenters. The summed E-state index contributed by atoms with van der Waals surface area (Å²) < 4.78 is 5.83. The van der Waals surface area contributed by atoms with Gasteiger partial charge >= 0.3 is 0 Å². The predicted octanol–water partition coefficient (Wildman–Crippen LogP) is 4.54. The zero-order valence-corrected chi connectivity index (χ0v) is 14.9. The van der Waals surface area contributed by atoms with Crippen molar-refractivity contribution in [1.29, 1.82) is 0 Å². The fraction of sp³-hybridized carbons (Fsp3) is 0.227. The maximum Gasteiger partial charge on any atom is 0.261 e. The molecule has 128 valence electrons. The quantitative estimate of drug-likeness (QED) is 0.744. The molecule has 0 fully saturated rings. The Labute approximate surface area is 148 Å². The van der Waals surface area contributed by atoms with E-state index < -0.39 is 6.10 Å². The summed E-state index contributed by atoms with van der Waals surface area (Å²) >= 11 is 0. The van der Waals surface area contributed by atoms with Gasteiger partial charge in [-0.1, -0.05) is 48.5 Å². The number of amides is 1. The van der Waals surface area contributed by atoms with Crippen molar-refractivity contribution in [1.82, 2.24) is 5.32 Å². The highest BCUT2D eigenvalue weighted by Crippen LogP contribution is 2.20. The molecule has 3 aromatic carbocycles. The Balaban J connectivity index is 1.61. The molecule has 1 amide bonds. The van der Waals surface area contributed by atoms with Gasteiger partial charge in [0.25, 0.3) is 5.91 Å². The third kappa shape index (κ3) is 4.18. The number of nitrogens with one attached hydrogen (secondary N) is 1. The maximum atomic E-state index is 12.3. The highest BCUT2D eigenvalue weighted by atomic mass is 16.5. The molecule has 0 aromatic heterocycles. The van der Waals surface area contributed by atoms with Crippen LogP contribution in [0.5, 0.6) is 5.75 Å². The monoisotopic (exact) mass is 333 g/mol. The highest BCUT2D eigenvalue weighted by Gasteiger charge is 2.15. The van der Waals surface area contributed by atoms with Crippen molar-refractivity contribution >= 4 is 16.7 Å². The lowest BCUT2D eigenvalue weighted by atomic mass is 10.1. The smallest absolute Gasteiger partial charge is 0.261 e. The number of ether oxygens (including phenoxy) is 1. The van der Waals surface area contributed by atoms with E-state index in [2.05, 4.69) is 29.6 Å². The molecule has 1 N–H and O–H groups in total. The molecule has 0 aliphatic carbocycles. The fourth-order valence-corrected chi connectivity index (χ4v) is 2.76. The molecule has 0 saturated heterocycles. The molecule has 0 aliphatic heterocycles. The summed E-state index contributed by atoms with van der Waals surface area (Å²) in [5, 5.41) is 5.33. The molecule has 0 bridgehead atoms. The topological polar surface area (TPSA) is 38.3 Å². The van der Waals surface area contributed by atoms with E-state index in [1.807, 2.05) is 50.2 Å². The molecule has 0 heterocycles. The van der Waals surface area contributed by atoms with Gasteiger partial charge in [-0.05, 0) is 60.4 Å². The van der Waals surface area contributed by atoms with Crippen LogP contribution >= 0.6 is 0 Å². The average Bonchev–Trinajstić information content (AvgIpc) is 2.62. The van der Waals surface area contributed by atoms with Gasteiger partial charge in [0.2, 0.25) is 0 Å². The van der Waals surface area contributed by atoms with E-state index in [0.29, 0.717) is 6.54 Å². The van der Waals surface area contributed by atoms with E-state index in [1.54, 1.807) is 6.92 Å². The zero-order valence-electron chi connectivity index (χ0n) is 14.9. The van der Waals surface area contributed by atoms with Gasteiger partial charge in [-0.25, -0.2) is 0 Å². The van der Waals surface area contributed by atoms with Gasteiger partial charge in [-0.2, -0.15) is 0 Å². The van der Waals surface area contributed by atoms with Gasteiger partial charge in [0.15, 0.2) is 6.10 Å². The Morgan fingerprint density at radius 1 is 1.00 bits per heavy atom. The van der Waals surface area contributed by atoms with E-state index in [1.165, 1.54) is 10.8 Å². The number of carbonyl (C=O) groups is 1. The molecule has 3 heteroatoms. The lowest BCUT2D eigenvalue weighted by molar-refractivity contribution is -0.127. The Morgan fingerprint density at radius 3 is 2.56 bits per heavy atom. The van der Waals surface area contributed by atoms with Gasteiger partial charge in [0.05, 0.1) is 0 Å². The minimum Gasteiger partial charge on any atom is -0.481 e. The van der Waals surface area contributed by atoms with E-state index in [0.717, 1.165) is 22.4 Å². The second-order valence-electron chi connectivity index (χ2n) is 6.43. The second-order valence-corrected chi connectivity index (χ2v) is 6.43. The van der Waals surface area contributed by atoms with Crippen molar-refractivity contribution in [2.24, 2.45) is 0 Å². The number of hydrogen-bond donors (Lipinski definition) is 1. The third-order valence-electron chi connectivity index (χ3n) is 4.30. The third-order valence-corrected chi connectivity index (χ3v) is 4.30. The molecular weight excluding hydrogens is 310 g/mol. The summed E-state index contributed by atoms with van der Waals surface area (Å²) in [6.07, 6.45) is -0.541. The van der Waals surface area contributed by atoms with E-state index in [9.17, 15) is 4.79 Å². The van der Waals surface area contributed by atoms with E-state index in [-0.39, 0.29) is 5.91 Å². The van der Waals surface area contributed by atoms with Crippen LogP contribution in [0.3, 0.4) is 0 Å². The van der Waals surface area contributed by atoms with Crippen LogP contribution in [-0.4, -0.2) is 12.0 Å². The predicted molar refractivity (Wildman–Crippen MR) is 102 cm³/mol. The summed E-state index contributed by atoms with van der Waals surface area (Å²) in [6.45, 7) is 6.26. The van der Waals surface area contributed by atoms with E-state index in [4.69, 9.17) is 4.74 Å². The number of hydrogen-bond acceptors (Lipinski definition) is 2. The summed E-state index contributed by atoms with van der Waals surface area (Å²) in [6, 6.07) is 20.4. The van der Waals surface area contributed by atoms with Crippen molar-refractivity contribution in [3.63, 3.8) is 0 Å². The van der Waals surface area contributed by atoms with Crippen LogP contribution in [0.15, 0.2) is 60.7 Å². The first-order valence-electron chi connectivity index (χ1n) is 8.52. The lowest BCUT2D eigenvalue weighted by Crippen LogP contribution is -2.36. The second kappa shape index (κ2) is 7.39. The lowest BCUT2D eigenvalue weighted by Gasteiger charge is -2.17. The summed E-state index contributed by atoms with van der Waals surface area (Å²) in [5.41, 5.74) is 3.22. The van der Waals surface area contributed by atoms with Gasteiger partial charge in [-0.15, -0.1) is 0 Å². The summed E-state index contributed by atoms with van der Waals surface area (Å²) in [7, 11) is 0. The zero-order chi connectivity index (χ0) is 17.8. The van der Waals surface area contributed by atoms with Crippen LogP contribution < -0.4 is 10.1 Å². The molecular formula is C22H23NO2. The molecule has 0 saturated carbocycles. The van der Waals surface area contributed by atoms with Crippen molar-refractivity contribution in [2.45, 2.75) is 33.4 Å².